The van der Waals surface area contributed by atoms with Gasteiger partial charge in [-0.15, -0.1) is 0 Å². The SMILES string of the molecule is CC(CN)(Cc1ccco1)C(=O)O. The monoisotopic (exact) mass is 183 g/mol. The molecule has 0 aliphatic carbocycles. The van der Waals surface area contributed by atoms with E-state index in [0.29, 0.717) is 12.2 Å². The number of furan rings is 1. The Morgan fingerprint density at radius 3 is 2.85 bits per heavy atom. The molecule has 1 heterocycles. The molecule has 0 amide bonds. The first kappa shape index (κ1) is 9.80. The van der Waals surface area contributed by atoms with E-state index in [1.165, 1.54) is 6.26 Å². The normalized spacial score (nSPS) is 15.2. The maximum atomic E-state index is 10.9. The summed E-state index contributed by atoms with van der Waals surface area (Å²) >= 11 is 0. The smallest absolute Gasteiger partial charge is 0.311 e. The van der Waals surface area contributed by atoms with E-state index in [4.69, 9.17) is 15.3 Å². The van der Waals surface area contributed by atoms with E-state index in [-0.39, 0.29) is 6.54 Å². The molecule has 1 atom stereocenters. The van der Waals surface area contributed by atoms with Crippen LogP contribution in [0.25, 0.3) is 0 Å². The second-order valence-electron chi connectivity index (χ2n) is 3.33. The van der Waals surface area contributed by atoms with Crippen LogP contribution in [0.1, 0.15) is 12.7 Å². The van der Waals surface area contributed by atoms with E-state index >= 15 is 0 Å². The van der Waals surface area contributed by atoms with Crippen LogP contribution in [0.3, 0.4) is 0 Å². The largest absolute Gasteiger partial charge is 0.481 e. The molecule has 4 nitrogen and oxygen atoms in total. The van der Waals surface area contributed by atoms with E-state index in [2.05, 4.69) is 0 Å². The Morgan fingerprint density at radius 2 is 2.46 bits per heavy atom. The summed E-state index contributed by atoms with van der Waals surface area (Å²) in [5.41, 5.74) is 4.47. The van der Waals surface area contributed by atoms with Crippen LogP contribution in [0.2, 0.25) is 0 Å². The predicted molar refractivity (Wildman–Crippen MR) is 47.2 cm³/mol. The van der Waals surface area contributed by atoms with Crippen LogP contribution in [-0.2, 0) is 11.2 Å². The highest BCUT2D eigenvalue weighted by atomic mass is 16.4. The Labute approximate surface area is 76.3 Å². The number of carboxylic acid groups (broad SMARTS) is 1. The molecule has 0 aliphatic rings. The third-order valence-electron chi connectivity index (χ3n) is 2.11. The average Bonchev–Trinajstić information content (AvgIpc) is 2.56. The fourth-order valence-corrected chi connectivity index (χ4v) is 1.03. The zero-order valence-corrected chi connectivity index (χ0v) is 7.49. The van der Waals surface area contributed by atoms with Gasteiger partial charge in [0.05, 0.1) is 11.7 Å². The van der Waals surface area contributed by atoms with Crippen molar-refractivity contribution in [3.8, 4) is 0 Å². The second kappa shape index (κ2) is 3.62. The van der Waals surface area contributed by atoms with Crippen LogP contribution in [-0.4, -0.2) is 17.6 Å². The van der Waals surface area contributed by atoms with Crippen molar-refractivity contribution in [3.63, 3.8) is 0 Å². The van der Waals surface area contributed by atoms with Gasteiger partial charge in [-0.05, 0) is 19.1 Å². The molecule has 1 unspecified atom stereocenters. The molecule has 1 aromatic rings. The standard InChI is InChI=1S/C9H13NO3/c1-9(6-10,8(11)12)5-7-3-2-4-13-7/h2-4H,5-6,10H2,1H3,(H,11,12). The molecule has 0 saturated carbocycles. The van der Waals surface area contributed by atoms with Crippen molar-refractivity contribution >= 4 is 5.97 Å². The van der Waals surface area contributed by atoms with Crippen LogP contribution in [0.15, 0.2) is 22.8 Å². The van der Waals surface area contributed by atoms with Gasteiger partial charge in [-0.1, -0.05) is 0 Å². The highest BCUT2D eigenvalue weighted by molar-refractivity contribution is 5.74. The molecule has 72 valence electrons. The van der Waals surface area contributed by atoms with Crippen LogP contribution in [0.5, 0.6) is 0 Å². The molecule has 0 fully saturated rings. The van der Waals surface area contributed by atoms with E-state index in [0.717, 1.165) is 0 Å². The third-order valence-corrected chi connectivity index (χ3v) is 2.11. The number of nitrogens with two attached hydrogens (primary N) is 1. The van der Waals surface area contributed by atoms with E-state index < -0.39 is 11.4 Å². The number of aliphatic carboxylic acids is 1. The van der Waals surface area contributed by atoms with E-state index in [9.17, 15) is 4.79 Å². The number of rotatable bonds is 4. The zero-order valence-electron chi connectivity index (χ0n) is 7.49. The molecule has 0 saturated heterocycles. The Hall–Kier alpha value is -1.29. The van der Waals surface area contributed by atoms with Crippen molar-refractivity contribution < 1.29 is 14.3 Å². The van der Waals surface area contributed by atoms with Gasteiger partial charge in [-0.25, -0.2) is 0 Å². The van der Waals surface area contributed by atoms with Crippen LogP contribution in [0, 0.1) is 5.41 Å². The maximum absolute atomic E-state index is 10.9. The van der Waals surface area contributed by atoms with Crippen LogP contribution in [0.4, 0.5) is 0 Å². The van der Waals surface area contributed by atoms with Gasteiger partial charge in [0, 0.05) is 13.0 Å². The third kappa shape index (κ3) is 2.09. The molecule has 4 heteroatoms. The molecule has 0 radical (unpaired) electrons. The molecule has 13 heavy (non-hydrogen) atoms. The second-order valence-corrected chi connectivity index (χ2v) is 3.33. The summed E-state index contributed by atoms with van der Waals surface area (Å²) in [6.45, 7) is 1.71. The average molecular weight is 183 g/mol. The Morgan fingerprint density at radius 1 is 1.77 bits per heavy atom. The lowest BCUT2D eigenvalue weighted by atomic mass is 9.86. The molecule has 3 N–H and O–H groups in total. The van der Waals surface area contributed by atoms with Gasteiger partial charge in [0.2, 0.25) is 0 Å². The quantitative estimate of drug-likeness (QED) is 0.726. The molecule has 0 aromatic carbocycles. The lowest BCUT2D eigenvalue weighted by molar-refractivity contribution is -0.147. The van der Waals surface area contributed by atoms with Gasteiger partial charge in [0.25, 0.3) is 0 Å². The van der Waals surface area contributed by atoms with Gasteiger partial charge >= 0.3 is 5.97 Å². The summed E-state index contributed by atoms with van der Waals surface area (Å²) in [7, 11) is 0. The summed E-state index contributed by atoms with van der Waals surface area (Å²) in [5, 5.41) is 8.91. The van der Waals surface area contributed by atoms with Crippen molar-refractivity contribution in [2.24, 2.45) is 11.1 Å². The Bertz CT molecular complexity index is 281. The molecule has 1 aromatic heterocycles. The number of hydrogen-bond donors (Lipinski definition) is 2. The first-order valence-corrected chi connectivity index (χ1v) is 4.04. The minimum absolute atomic E-state index is 0.100. The molecular formula is C9H13NO3. The highest BCUT2D eigenvalue weighted by Crippen LogP contribution is 2.21. The fourth-order valence-electron chi connectivity index (χ4n) is 1.03. The maximum Gasteiger partial charge on any atom is 0.311 e. The summed E-state index contributed by atoms with van der Waals surface area (Å²) < 4.78 is 5.06. The number of hydrogen-bond acceptors (Lipinski definition) is 3. The van der Waals surface area contributed by atoms with E-state index in [1.54, 1.807) is 19.1 Å². The lowest BCUT2D eigenvalue weighted by Crippen LogP contribution is -2.37. The summed E-state index contributed by atoms with van der Waals surface area (Å²) in [6, 6.07) is 3.48. The summed E-state index contributed by atoms with van der Waals surface area (Å²) in [4.78, 5) is 10.9. The first-order valence-electron chi connectivity index (χ1n) is 4.04. The van der Waals surface area contributed by atoms with Gasteiger partial charge in [-0.2, -0.15) is 0 Å². The number of carboxylic acids is 1. The van der Waals surface area contributed by atoms with Gasteiger partial charge < -0.3 is 15.3 Å². The molecule has 0 bridgehead atoms. The van der Waals surface area contributed by atoms with Crippen molar-refractivity contribution in [2.45, 2.75) is 13.3 Å². The predicted octanol–water partition coefficient (Wildman–Crippen LogP) is 0.872. The topological polar surface area (TPSA) is 76.5 Å². The minimum Gasteiger partial charge on any atom is -0.481 e. The molecule has 1 rings (SSSR count). The van der Waals surface area contributed by atoms with Crippen molar-refractivity contribution in [2.75, 3.05) is 6.54 Å². The van der Waals surface area contributed by atoms with E-state index in [1.807, 2.05) is 0 Å². The Kier molecular flexibility index (Phi) is 2.72. The van der Waals surface area contributed by atoms with Gasteiger partial charge in [0.15, 0.2) is 0 Å². The first-order chi connectivity index (χ1) is 6.08. The summed E-state index contributed by atoms with van der Waals surface area (Å²) in [5.74, 6) is -0.248. The van der Waals surface area contributed by atoms with Crippen LogP contribution >= 0.6 is 0 Å². The Balaban J connectivity index is 2.75. The summed E-state index contributed by atoms with van der Waals surface area (Å²) in [6.07, 6.45) is 1.85. The zero-order chi connectivity index (χ0) is 9.90. The molecular weight excluding hydrogens is 170 g/mol. The van der Waals surface area contributed by atoms with Crippen molar-refractivity contribution in [1.82, 2.24) is 0 Å². The molecule has 0 spiro atoms. The number of carbonyl (C=O) groups is 1. The molecule has 0 aliphatic heterocycles. The highest BCUT2D eigenvalue weighted by Gasteiger charge is 2.32. The minimum atomic E-state index is -0.933. The van der Waals surface area contributed by atoms with Crippen molar-refractivity contribution in [3.05, 3.63) is 24.2 Å². The van der Waals surface area contributed by atoms with Gasteiger partial charge in [0.1, 0.15) is 5.76 Å². The van der Waals surface area contributed by atoms with Crippen molar-refractivity contribution in [1.29, 1.82) is 0 Å². The fraction of sp³-hybridized carbons (Fsp3) is 0.444. The lowest BCUT2D eigenvalue weighted by Gasteiger charge is -2.20. The van der Waals surface area contributed by atoms with Gasteiger partial charge in [-0.3, -0.25) is 4.79 Å². The van der Waals surface area contributed by atoms with Crippen LogP contribution < -0.4 is 5.73 Å².